The highest BCUT2D eigenvalue weighted by molar-refractivity contribution is 7.47. The highest BCUT2D eigenvalue weighted by Gasteiger charge is 2.51. The number of rotatable bonds is 36. The van der Waals surface area contributed by atoms with Crippen LogP contribution in [0, 0.1) is 0 Å². The summed E-state index contributed by atoms with van der Waals surface area (Å²) in [6.07, 6.45) is 32.4. The molecule has 1 fully saturated rings. The van der Waals surface area contributed by atoms with Crippen molar-refractivity contribution in [1.82, 2.24) is 0 Å². The Kier molecular flexibility index (Phi) is 33.9. The average molecular weight is 883 g/mol. The number of esters is 2. The Labute approximate surface area is 365 Å². The molecule has 0 radical (unpaired) electrons. The van der Waals surface area contributed by atoms with Crippen molar-refractivity contribution >= 4 is 19.8 Å². The summed E-state index contributed by atoms with van der Waals surface area (Å²) in [5.41, 5.74) is 0. The zero-order valence-corrected chi connectivity index (χ0v) is 37.8. The zero-order valence-electron chi connectivity index (χ0n) is 36.9. The number of allylic oxidation sites excluding steroid dienone is 12. The van der Waals surface area contributed by atoms with Crippen molar-refractivity contribution in [3.05, 3.63) is 72.9 Å². The first kappa shape index (κ1) is 56.3. The van der Waals surface area contributed by atoms with Crippen LogP contribution in [-0.4, -0.2) is 98.3 Å². The van der Waals surface area contributed by atoms with Crippen molar-refractivity contribution in [2.75, 3.05) is 13.2 Å². The molecule has 1 aliphatic carbocycles. The number of hydrogen-bond donors (Lipinski definition) is 6. The summed E-state index contributed by atoms with van der Waals surface area (Å²) < 4.78 is 33.4. The molecular weight excluding hydrogens is 803 g/mol. The lowest BCUT2D eigenvalue weighted by atomic mass is 9.85. The van der Waals surface area contributed by atoms with Gasteiger partial charge in [-0.25, -0.2) is 4.57 Å². The summed E-state index contributed by atoms with van der Waals surface area (Å²) in [7, 11) is -5.14. The van der Waals surface area contributed by atoms with E-state index in [0.29, 0.717) is 12.8 Å². The van der Waals surface area contributed by atoms with Crippen LogP contribution in [-0.2, 0) is 32.7 Å². The molecule has 6 unspecified atom stereocenters. The Balaban J connectivity index is 2.53. The smallest absolute Gasteiger partial charge is 0.462 e. The highest BCUT2D eigenvalue weighted by atomic mass is 31.2. The third-order valence-corrected chi connectivity index (χ3v) is 11.0. The van der Waals surface area contributed by atoms with Gasteiger partial charge in [0.1, 0.15) is 43.2 Å². The molecule has 0 bridgehead atoms. The Morgan fingerprint density at radius 1 is 0.508 bits per heavy atom. The largest absolute Gasteiger partial charge is 0.472 e. The quantitative estimate of drug-likeness (QED) is 0.0151. The van der Waals surface area contributed by atoms with Crippen LogP contribution in [0.1, 0.15) is 155 Å². The third kappa shape index (κ3) is 29.3. The third-order valence-electron chi connectivity index (χ3n) is 10.0. The molecule has 1 aliphatic rings. The SMILES string of the molecule is CCC/C=C/C/C=C/C/C=C/C/C=C/CCCCCC(=O)OC[C@@H](COP(=O)(O)OC1C(O)C(O)C(O)[C@H](O)C1O)OC(=O)CCCC/C=C/C/C=C/CCCCCCCC. The van der Waals surface area contributed by atoms with E-state index in [0.717, 1.165) is 70.6 Å². The summed E-state index contributed by atoms with van der Waals surface area (Å²) in [6.45, 7) is 3.15. The van der Waals surface area contributed by atoms with Crippen LogP contribution in [0.3, 0.4) is 0 Å². The van der Waals surface area contributed by atoms with Gasteiger partial charge < -0.3 is 39.9 Å². The van der Waals surface area contributed by atoms with E-state index in [9.17, 15) is 44.6 Å². The van der Waals surface area contributed by atoms with Gasteiger partial charge in [0.15, 0.2) is 6.10 Å². The van der Waals surface area contributed by atoms with Crippen LogP contribution < -0.4 is 0 Å². The first-order valence-corrected chi connectivity index (χ1v) is 24.2. The van der Waals surface area contributed by atoms with Gasteiger partial charge in [-0.1, -0.05) is 132 Å². The lowest BCUT2D eigenvalue weighted by Crippen LogP contribution is -2.64. The molecule has 0 aromatic heterocycles. The molecule has 0 aromatic carbocycles. The van der Waals surface area contributed by atoms with E-state index in [1.807, 2.05) is 0 Å². The summed E-state index contributed by atoms with van der Waals surface area (Å²) in [5, 5.41) is 50.1. The topological polar surface area (TPSA) is 210 Å². The Bertz CT molecular complexity index is 1340. The average Bonchev–Trinajstić information content (AvgIpc) is 3.24. The number of phosphoric ester groups is 1. The van der Waals surface area contributed by atoms with Gasteiger partial charge in [0.05, 0.1) is 6.61 Å². The molecule has 1 saturated carbocycles. The number of aliphatic hydroxyl groups excluding tert-OH is 5. The Morgan fingerprint density at radius 2 is 0.918 bits per heavy atom. The molecule has 14 heteroatoms. The van der Waals surface area contributed by atoms with Crippen LogP contribution in [0.4, 0.5) is 0 Å². The van der Waals surface area contributed by atoms with Gasteiger partial charge in [0.25, 0.3) is 0 Å². The van der Waals surface area contributed by atoms with Crippen LogP contribution in [0.2, 0.25) is 0 Å². The van der Waals surface area contributed by atoms with Crippen LogP contribution in [0.5, 0.6) is 0 Å². The minimum absolute atomic E-state index is 0.0433. The summed E-state index contributed by atoms with van der Waals surface area (Å²) in [5.74, 6) is -1.18. The van der Waals surface area contributed by atoms with E-state index in [4.69, 9.17) is 18.5 Å². The summed E-state index contributed by atoms with van der Waals surface area (Å²) in [4.78, 5) is 35.7. The van der Waals surface area contributed by atoms with E-state index in [1.165, 1.54) is 44.9 Å². The Morgan fingerprint density at radius 3 is 1.44 bits per heavy atom. The van der Waals surface area contributed by atoms with E-state index >= 15 is 0 Å². The standard InChI is InChI=1S/C47H79O13P/c1-3-5-7-9-11-13-15-17-19-20-22-23-25-27-29-31-33-35-40(48)57-37-39(38-58-61(55,56)60-47-45(53)43(51)42(50)44(52)46(47)54)59-41(49)36-34-32-30-28-26-24-21-18-16-14-12-10-8-6-4-2/h7,9,13,15,18-21,23,25-26,28,39,42-47,50-54H,3-6,8,10-12,14,16-17,22,24,27,29-38H2,1-2H3,(H,55,56)/b9-7+,15-13+,20-19+,21-18+,25-23+,28-26+/t39-,42?,43-,44?,45?,46?,47?/m0/s1. The van der Waals surface area contributed by atoms with E-state index in [-0.39, 0.29) is 12.8 Å². The van der Waals surface area contributed by atoms with Crippen molar-refractivity contribution in [1.29, 1.82) is 0 Å². The maximum atomic E-state index is 12.8. The molecule has 350 valence electrons. The number of ether oxygens (including phenoxy) is 2. The molecule has 0 heterocycles. The summed E-state index contributed by atoms with van der Waals surface area (Å²) in [6, 6.07) is 0. The minimum Gasteiger partial charge on any atom is -0.462 e. The fraction of sp³-hybridized carbons (Fsp3) is 0.702. The molecule has 8 atom stereocenters. The number of phosphoric acid groups is 1. The highest BCUT2D eigenvalue weighted by Crippen LogP contribution is 2.47. The fourth-order valence-electron chi connectivity index (χ4n) is 6.31. The molecular formula is C47H79O13P. The van der Waals surface area contributed by atoms with Gasteiger partial charge >= 0.3 is 19.8 Å². The van der Waals surface area contributed by atoms with Crippen molar-refractivity contribution in [3.63, 3.8) is 0 Å². The molecule has 61 heavy (non-hydrogen) atoms. The molecule has 0 spiro atoms. The van der Waals surface area contributed by atoms with Crippen molar-refractivity contribution in [3.8, 4) is 0 Å². The molecule has 0 amide bonds. The summed E-state index contributed by atoms with van der Waals surface area (Å²) >= 11 is 0. The number of hydrogen-bond acceptors (Lipinski definition) is 12. The van der Waals surface area contributed by atoms with Crippen LogP contribution in [0.15, 0.2) is 72.9 Å². The number of aliphatic hydroxyl groups is 5. The normalized spacial score (nSPS) is 22.7. The molecule has 6 N–H and O–H groups in total. The second kappa shape index (κ2) is 36.7. The monoisotopic (exact) mass is 883 g/mol. The molecule has 1 rings (SSSR count). The van der Waals surface area contributed by atoms with Crippen LogP contribution >= 0.6 is 7.82 Å². The maximum absolute atomic E-state index is 12.8. The molecule has 13 nitrogen and oxygen atoms in total. The van der Waals surface area contributed by atoms with Gasteiger partial charge in [-0.05, 0) is 83.5 Å². The van der Waals surface area contributed by atoms with Crippen molar-refractivity contribution in [2.24, 2.45) is 0 Å². The van der Waals surface area contributed by atoms with E-state index in [2.05, 4.69) is 86.8 Å². The van der Waals surface area contributed by atoms with E-state index in [1.54, 1.807) is 0 Å². The molecule has 0 saturated heterocycles. The fourth-order valence-corrected chi connectivity index (χ4v) is 7.28. The zero-order chi connectivity index (χ0) is 45.0. The number of carbonyl (C=O) groups excluding carboxylic acids is 2. The van der Waals surface area contributed by atoms with Crippen molar-refractivity contribution < 1.29 is 63.1 Å². The number of unbranched alkanes of at least 4 members (excludes halogenated alkanes) is 12. The number of carbonyl (C=O) groups is 2. The van der Waals surface area contributed by atoms with Gasteiger partial charge in [0.2, 0.25) is 0 Å². The molecule has 0 aromatic rings. The lowest BCUT2D eigenvalue weighted by Gasteiger charge is -2.41. The van der Waals surface area contributed by atoms with E-state index < -0.39 is 75.7 Å². The van der Waals surface area contributed by atoms with Gasteiger partial charge in [0, 0.05) is 12.8 Å². The first-order valence-electron chi connectivity index (χ1n) is 22.7. The Hall–Kier alpha value is -2.71. The second-order valence-electron chi connectivity index (χ2n) is 15.5. The predicted molar refractivity (Wildman–Crippen MR) is 239 cm³/mol. The van der Waals surface area contributed by atoms with Gasteiger partial charge in [-0.15, -0.1) is 0 Å². The maximum Gasteiger partial charge on any atom is 0.472 e. The molecule has 0 aliphatic heterocycles. The second-order valence-corrected chi connectivity index (χ2v) is 16.9. The van der Waals surface area contributed by atoms with Crippen LogP contribution in [0.25, 0.3) is 0 Å². The van der Waals surface area contributed by atoms with Crippen molar-refractivity contribution in [2.45, 2.75) is 198 Å². The minimum atomic E-state index is -5.14. The lowest BCUT2D eigenvalue weighted by molar-refractivity contribution is -0.220. The predicted octanol–water partition coefficient (Wildman–Crippen LogP) is 8.72. The van der Waals surface area contributed by atoms with Gasteiger partial charge in [-0.3, -0.25) is 18.6 Å². The first-order chi connectivity index (χ1) is 29.4. The van der Waals surface area contributed by atoms with Gasteiger partial charge in [-0.2, -0.15) is 0 Å².